The van der Waals surface area contributed by atoms with Gasteiger partial charge in [-0.1, -0.05) is 0 Å². The van der Waals surface area contributed by atoms with Crippen LogP contribution in [0.5, 0.6) is 0 Å². The first-order valence-corrected chi connectivity index (χ1v) is 17.7. The molecular formula is C29H43O7PS. The van der Waals surface area contributed by atoms with Crippen molar-refractivity contribution in [3.63, 3.8) is 0 Å². The van der Waals surface area contributed by atoms with Gasteiger partial charge in [0.15, 0.2) is 0 Å². The summed E-state index contributed by atoms with van der Waals surface area (Å²) in [6.07, 6.45) is 7.93. The van der Waals surface area contributed by atoms with E-state index in [9.17, 15) is 18.0 Å². The molecule has 7 nitrogen and oxygen atoms in total. The second-order valence-electron chi connectivity index (χ2n) is 9.99. The van der Waals surface area contributed by atoms with Gasteiger partial charge in [0, 0.05) is 0 Å². The molecule has 2 aromatic rings. The van der Waals surface area contributed by atoms with Crippen molar-refractivity contribution in [2.45, 2.75) is 70.4 Å². The summed E-state index contributed by atoms with van der Waals surface area (Å²) in [5.74, 6) is -1.51. The SMILES string of the molecule is CCCCP(CCCC)(CCCC)(Cc1ccccc1)OS(=O)(=O)c1cc(C(=O)OC)cc(C(=O)OC)c1. The Bertz CT molecular complexity index is 1120. The molecule has 0 spiro atoms. The molecule has 0 saturated carbocycles. The van der Waals surface area contributed by atoms with E-state index in [0.29, 0.717) is 24.6 Å². The Hall–Kier alpha value is -2.28. The molecule has 0 N–H and O–H groups in total. The van der Waals surface area contributed by atoms with Gasteiger partial charge in [-0.05, 0) is 0 Å². The van der Waals surface area contributed by atoms with E-state index >= 15 is 0 Å². The number of methoxy groups -OCH3 is 2. The second kappa shape index (κ2) is 14.2. The van der Waals surface area contributed by atoms with Crippen molar-refractivity contribution in [3.8, 4) is 0 Å². The monoisotopic (exact) mass is 566 g/mol. The van der Waals surface area contributed by atoms with Crippen LogP contribution in [0.1, 0.15) is 85.6 Å². The van der Waals surface area contributed by atoms with E-state index in [1.54, 1.807) is 0 Å². The summed E-state index contributed by atoms with van der Waals surface area (Å²) in [6.45, 7) is 2.90. The maximum atomic E-state index is 14.2. The third-order valence-electron chi connectivity index (χ3n) is 7.00. The number of ether oxygens (including phenoxy) is 2. The average Bonchev–Trinajstić information content (AvgIpc) is 2.93. The molecule has 0 amide bonds. The predicted octanol–water partition coefficient (Wildman–Crippen LogP) is 7.03. The van der Waals surface area contributed by atoms with Gasteiger partial charge in [-0.3, -0.25) is 0 Å². The maximum absolute atomic E-state index is 14.2. The van der Waals surface area contributed by atoms with E-state index in [1.165, 1.54) is 32.4 Å². The molecule has 0 saturated heterocycles. The Kier molecular flexibility index (Phi) is 11.9. The molecule has 2 aromatic carbocycles. The molecule has 0 bridgehead atoms. The molecule has 212 valence electrons. The van der Waals surface area contributed by atoms with Crippen molar-refractivity contribution in [2.24, 2.45) is 0 Å². The number of hydrogen-bond acceptors (Lipinski definition) is 7. The third-order valence-corrected chi connectivity index (χ3v) is 15.8. The van der Waals surface area contributed by atoms with Crippen LogP contribution in [0.15, 0.2) is 53.4 Å². The molecule has 38 heavy (non-hydrogen) atoms. The topological polar surface area (TPSA) is 96.0 Å². The molecule has 0 radical (unpaired) electrons. The molecule has 0 aromatic heterocycles. The fourth-order valence-corrected chi connectivity index (χ4v) is 14.8. The summed E-state index contributed by atoms with van der Waals surface area (Å²) in [5.41, 5.74) is 0.940. The normalized spacial score (nSPS) is 12.9. The Morgan fingerprint density at radius 1 is 0.737 bits per heavy atom. The Balaban J connectivity index is 2.79. The van der Waals surface area contributed by atoms with Crippen molar-refractivity contribution >= 4 is 28.9 Å². The Labute approximate surface area is 228 Å². The minimum absolute atomic E-state index is 0.0587. The van der Waals surface area contributed by atoms with Crippen LogP contribution in [0.3, 0.4) is 0 Å². The van der Waals surface area contributed by atoms with Crippen LogP contribution < -0.4 is 0 Å². The van der Waals surface area contributed by atoms with Gasteiger partial charge in [0.1, 0.15) is 0 Å². The number of hydrogen-bond donors (Lipinski definition) is 0. The molecule has 0 aliphatic rings. The molecule has 0 aliphatic heterocycles. The van der Waals surface area contributed by atoms with Crippen molar-refractivity contribution in [1.29, 1.82) is 0 Å². The summed E-state index contributed by atoms with van der Waals surface area (Å²) < 4.78 is 44.6. The van der Waals surface area contributed by atoms with Crippen LogP contribution in [0.25, 0.3) is 0 Å². The number of benzene rings is 2. The minimum atomic E-state index is -4.37. The molecular weight excluding hydrogens is 523 g/mol. The third kappa shape index (κ3) is 8.11. The van der Waals surface area contributed by atoms with Crippen LogP contribution in [0.2, 0.25) is 0 Å². The van der Waals surface area contributed by atoms with Crippen molar-refractivity contribution in [2.75, 3.05) is 32.7 Å². The van der Waals surface area contributed by atoms with Crippen LogP contribution in [-0.4, -0.2) is 53.1 Å². The number of unbranched alkanes of at least 4 members (excludes halogenated alkanes) is 3. The van der Waals surface area contributed by atoms with Crippen molar-refractivity contribution < 1.29 is 31.5 Å². The number of carbonyl (C=O) groups is 2. The molecule has 0 aliphatic carbocycles. The van der Waals surface area contributed by atoms with Crippen LogP contribution >= 0.6 is 6.83 Å². The van der Waals surface area contributed by atoms with E-state index < -0.39 is 28.9 Å². The van der Waals surface area contributed by atoms with Gasteiger partial charge in [0.25, 0.3) is 0 Å². The first-order valence-electron chi connectivity index (χ1n) is 13.4. The molecule has 0 unspecified atom stereocenters. The Morgan fingerprint density at radius 3 is 1.58 bits per heavy atom. The number of esters is 2. The van der Waals surface area contributed by atoms with Crippen LogP contribution in [0, 0.1) is 0 Å². The quantitative estimate of drug-likeness (QED) is 0.159. The summed E-state index contributed by atoms with van der Waals surface area (Å²) in [7, 11) is -1.98. The summed E-state index contributed by atoms with van der Waals surface area (Å²) >= 11 is 0. The molecule has 0 fully saturated rings. The predicted molar refractivity (Wildman–Crippen MR) is 154 cm³/mol. The number of carbonyl (C=O) groups excluding carboxylic acids is 2. The zero-order valence-corrected chi connectivity index (χ0v) is 25.1. The first kappa shape index (κ1) is 31.9. The molecule has 2 rings (SSSR count). The van der Waals surface area contributed by atoms with E-state index in [2.05, 4.69) is 20.8 Å². The molecule has 9 heteroatoms. The van der Waals surface area contributed by atoms with Gasteiger partial charge >= 0.3 is 229 Å². The fourth-order valence-electron chi connectivity index (χ4n) is 4.97. The first-order chi connectivity index (χ1) is 18.1. The van der Waals surface area contributed by atoms with Crippen LogP contribution in [0.4, 0.5) is 0 Å². The second-order valence-corrected chi connectivity index (χ2v) is 17.3. The average molecular weight is 567 g/mol. The summed E-state index contributed by atoms with van der Waals surface area (Å²) in [6, 6.07) is 13.7. The van der Waals surface area contributed by atoms with Gasteiger partial charge < -0.3 is 0 Å². The number of rotatable bonds is 16. The van der Waals surface area contributed by atoms with Gasteiger partial charge in [0.2, 0.25) is 0 Å². The van der Waals surface area contributed by atoms with Gasteiger partial charge in [-0.25, -0.2) is 0 Å². The molecule has 0 heterocycles. The van der Waals surface area contributed by atoms with Crippen molar-refractivity contribution in [1.82, 2.24) is 0 Å². The zero-order valence-electron chi connectivity index (χ0n) is 23.4. The van der Waals surface area contributed by atoms with E-state index in [0.717, 1.165) is 44.1 Å². The summed E-state index contributed by atoms with van der Waals surface area (Å²) in [4.78, 5) is 24.5. The van der Waals surface area contributed by atoms with Gasteiger partial charge in [-0.2, -0.15) is 0 Å². The zero-order chi connectivity index (χ0) is 28.3. The Morgan fingerprint density at radius 2 is 1.18 bits per heavy atom. The van der Waals surface area contributed by atoms with Gasteiger partial charge in [-0.15, -0.1) is 0 Å². The summed E-state index contributed by atoms with van der Waals surface area (Å²) in [5, 5.41) is 0. The standard InChI is InChI=1S/C29H43O7PS/c1-6-9-17-37(18-10-7-2,19-11-8-3,23-24-15-13-12-14-16-24)36-38(32,33)27-21-25(28(30)34-4)20-26(22-27)29(31)35-5/h12-16,20-22H,6-11,17-19,23H2,1-5H3. The van der Waals surface area contributed by atoms with E-state index in [1.807, 2.05) is 30.3 Å². The molecule has 0 atom stereocenters. The fraction of sp³-hybridized carbons (Fsp3) is 0.517. The van der Waals surface area contributed by atoms with Gasteiger partial charge in [0.05, 0.1) is 0 Å². The van der Waals surface area contributed by atoms with E-state index in [4.69, 9.17) is 13.4 Å². The van der Waals surface area contributed by atoms with E-state index in [-0.39, 0.29) is 16.0 Å². The van der Waals surface area contributed by atoms with Crippen LogP contribution in [-0.2, 0) is 29.7 Å². The van der Waals surface area contributed by atoms with Crippen molar-refractivity contribution in [3.05, 3.63) is 65.2 Å².